The highest BCUT2D eigenvalue weighted by molar-refractivity contribution is 5.95. The van der Waals surface area contributed by atoms with Crippen molar-refractivity contribution in [3.05, 3.63) is 113 Å². The molecule has 1 atom stereocenters. The lowest BCUT2D eigenvalue weighted by atomic mass is 9.69. The summed E-state index contributed by atoms with van der Waals surface area (Å²) < 4.78 is 0. The fourth-order valence-electron chi connectivity index (χ4n) is 5.50. The Morgan fingerprint density at radius 1 is 0.633 bits per heavy atom. The van der Waals surface area contributed by atoms with Crippen molar-refractivity contribution in [2.45, 2.75) is 46.5 Å². The van der Waals surface area contributed by atoms with Crippen molar-refractivity contribution in [2.75, 3.05) is 0 Å². The van der Waals surface area contributed by atoms with Gasteiger partial charge in [0.2, 0.25) is 0 Å². The number of rotatable bonds is 0. The van der Waals surface area contributed by atoms with E-state index < -0.39 is 0 Å². The van der Waals surface area contributed by atoms with Gasteiger partial charge in [-0.2, -0.15) is 0 Å². The summed E-state index contributed by atoms with van der Waals surface area (Å²) >= 11 is 0. The molecule has 0 fully saturated rings. The molecule has 0 saturated heterocycles. The van der Waals surface area contributed by atoms with Crippen molar-refractivity contribution in [1.29, 1.82) is 0 Å². The van der Waals surface area contributed by atoms with Gasteiger partial charge in [-0.15, -0.1) is 0 Å². The van der Waals surface area contributed by atoms with Gasteiger partial charge in [0.05, 0.1) is 5.41 Å². The van der Waals surface area contributed by atoms with Crippen molar-refractivity contribution in [3.63, 3.8) is 0 Å². The van der Waals surface area contributed by atoms with Gasteiger partial charge < -0.3 is 0 Å². The highest BCUT2D eigenvalue weighted by Gasteiger charge is 2.52. The van der Waals surface area contributed by atoms with Crippen LogP contribution in [0.1, 0.15) is 63.3 Å². The molecule has 1 spiro atoms. The van der Waals surface area contributed by atoms with Gasteiger partial charge in [0.15, 0.2) is 0 Å². The van der Waals surface area contributed by atoms with E-state index in [0.29, 0.717) is 5.92 Å². The first-order valence-electron chi connectivity index (χ1n) is 11.5. The molecule has 0 heteroatoms. The second-order valence-corrected chi connectivity index (χ2v) is 7.82. The fourth-order valence-corrected chi connectivity index (χ4v) is 5.50. The fraction of sp³-hybridized carbons (Fsp3) is 0.267. The van der Waals surface area contributed by atoms with Crippen molar-refractivity contribution < 1.29 is 0 Å². The average molecular weight is 393 g/mol. The highest BCUT2D eigenvalue weighted by atomic mass is 14.5. The molecule has 0 saturated carbocycles. The molecular formula is C30H32. The van der Waals surface area contributed by atoms with E-state index in [0.717, 1.165) is 6.42 Å². The minimum absolute atomic E-state index is 0.143. The van der Waals surface area contributed by atoms with E-state index in [1.165, 1.54) is 39.0 Å². The molecule has 152 valence electrons. The molecule has 0 amide bonds. The Morgan fingerprint density at radius 3 is 1.60 bits per heavy atom. The minimum atomic E-state index is -0.143. The third-order valence-corrected chi connectivity index (χ3v) is 6.46. The average Bonchev–Trinajstić information content (AvgIpc) is 3.29. The Morgan fingerprint density at radius 2 is 1.07 bits per heavy atom. The number of fused-ring (bicyclic) bond motifs is 9. The van der Waals surface area contributed by atoms with Crippen LogP contribution >= 0.6 is 0 Å². The normalized spacial score (nSPS) is 18.4. The SMILES string of the molecule is CC.CC.CC1C=CC2=C(C1)c1ccccc1C21c2ccccc2-c2ccccc21. The van der Waals surface area contributed by atoms with Crippen molar-refractivity contribution in [2.24, 2.45) is 5.92 Å². The molecule has 0 nitrogen and oxygen atoms in total. The third kappa shape index (κ3) is 2.59. The molecule has 0 heterocycles. The summed E-state index contributed by atoms with van der Waals surface area (Å²) in [6, 6.07) is 27.1. The Kier molecular flexibility index (Phi) is 5.52. The standard InChI is InChI=1S/C26H20.2C2H6/c1-17-14-15-25-21(16-17)20-10-4-7-13-24(20)26(25)22-11-5-2-8-18(22)19-9-3-6-12-23(19)26;2*1-2/h2-15,17H,16H2,1H3;2*1-2H3. The first kappa shape index (κ1) is 20.4. The topological polar surface area (TPSA) is 0 Å². The summed E-state index contributed by atoms with van der Waals surface area (Å²) in [4.78, 5) is 0. The number of hydrogen-bond donors (Lipinski definition) is 0. The highest BCUT2D eigenvalue weighted by Crippen LogP contribution is 2.63. The van der Waals surface area contributed by atoms with Crippen molar-refractivity contribution >= 4 is 5.57 Å². The summed E-state index contributed by atoms with van der Waals surface area (Å²) in [6.07, 6.45) is 5.95. The summed E-state index contributed by atoms with van der Waals surface area (Å²) in [5.74, 6) is 0.601. The summed E-state index contributed by atoms with van der Waals surface area (Å²) in [7, 11) is 0. The number of hydrogen-bond acceptors (Lipinski definition) is 0. The Hall–Kier alpha value is -2.86. The minimum Gasteiger partial charge on any atom is -0.0810 e. The number of benzene rings is 3. The maximum absolute atomic E-state index is 2.42. The summed E-state index contributed by atoms with van der Waals surface area (Å²) in [5, 5.41) is 0. The maximum Gasteiger partial charge on any atom is 0.0722 e. The Bertz CT molecular complexity index is 1080. The molecule has 6 rings (SSSR count). The van der Waals surface area contributed by atoms with Crippen LogP contribution in [0.4, 0.5) is 0 Å². The van der Waals surface area contributed by atoms with E-state index in [1.807, 2.05) is 27.7 Å². The van der Waals surface area contributed by atoms with Crippen LogP contribution in [0, 0.1) is 5.92 Å². The zero-order chi connectivity index (χ0) is 21.3. The zero-order valence-corrected chi connectivity index (χ0v) is 18.9. The predicted octanol–water partition coefficient (Wildman–Crippen LogP) is 8.42. The smallest absolute Gasteiger partial charge is 0.0722 e. The molecule has 3 aromatic carbocycles. The second kappa shape index (κ2) is 8.11. The van der Waals surface area contributed by atoms with Crippen molar-refractivity contribution in [3.8, 4) is 11.1 Å². The molecular weight excluding hydrogens is 360 g/mol. The first-order valence-corrected chi connectivity index (χ1v) is 11.5. The molecule has 0 bridgehead atoms. The van der Waals surface area contributed by atoms with Gasteiger partial charge in [-0.05, 0) is 56.9 Å². The lowest BCUT2D eigenvalue weighted by Crippen LogP contribution is -2.27. The van der Waals surface area contributed by atoms with Crippen LogP contribution in [0.3, 0.4) is 0 Å². The van der Waals surface area contributed by atoms with Crippen LogP contribution in [0.15, 0.2) is 90.5 Å². The van der Waals surface area contributed by atoms with Crippen LogP contribution < -0.4 is 0 Å². The molecule has 0 aromatic heterocycles. The molecule has 0 radical (unpaired) electrons. The second-order valence-electron chi connectivity index (χ2n) is 7.82. The van der Waals surface area contributed by atoms with Crippen LogP contribution in [0.5, 0.6) is 0 Å². The van der Waals surface area contributed by atoms with Gasteiger partial charge in [-0.3, -0.25) is 0 Å². The number of allylic oxidation sites excluding steroid dienone is 4. The quantitative estimate of drug-likeness (QED) is 0.360. The van der Waals surface area contributed by atoms with Crippen LogP contribution in [0.2, 0.25) is 0 Å². The largest absolute Gasteiger partial charge is 0.0810 e. The molecule has 3 aliphatic rings. The maximum atomic E-state index is 2.42. The molecule has 0 aliphatic heterocycles. The first-order chi connectivity index (χ1) is 14.8. The van der Waals surface area contributed by atoms with Crippen LogP contribution in [-0.2, 0) is 5.41 Å². The van der Waals surface area contributed by atoms with E-state index in [1.54, 1.807) is 5.57 Å². The summed E-state index contributed by atoms with van der Waals surface area (Å²) in [6.45, 7) is 10.3. The predicted molar refractivity (Wildman–Crippen MR) is 131 cm³/mol. The van der Waals surface area contributed by atoms with Crippen LogP contribution in [-0.4, -0.2) is 0 Å². The van der Waals surface area contributed by atoms with Gasteiger partial charge >= 0.3 is 0 Å². The molecule has 30 heavy (non-hydrogen) atoms. The van der Waals surface area contributed by atoms with E-state index in [2.05, 4.69) is 91.9 Å². The van der Waals surface area contributed by atoms with E-state index in [4.69, 9.17) is 0 Å². The lowest BCUT2D eigenvalue weighted by Gasteiger charge is -2.32. The Labute approximate surface area is 182 Å². The van der Waals surface area contributed by atoms with Gasteiger partial charge in [0, 0.05) is 0 Å². The van der Waals surface area contributed by atoms with Gasteiger partial charge in [-0.1, -0.05) is 120 Å². The van der Waals surface area contributed by atoms with Gasteiger partial charge in [0.1, 0.15) is 0 Å². The van der Waals surface area contributed by atoms with Crippen molar-refractivity contribution in [1.82, 2.24) is 0 Å². The van der Waals surface area contributed by atoms with Crippen LogP contribution in [0.25, 0.3) is 16.7 Å². The lowest BCUT2D eigenvalue weighted by molar-refractivity contribution is 0.725. The molecule has 0 N–H and O–H groups in total. The van der Waals surface area contributed by atoms with E-state index in [9.17, 15) is 0 Å². The molecule has 3 aromatic rings. The molecule has 3 aliphatic carbocycles. The Balaban J connectivity index is 0.000000516. The molecule has 1 unspecified atom stereocenters. The zero-order valence-electron chi connectivity index (χ0n) is 18.9. The summed E-state index contributed by atoms with van der Waals surface area (Å²) in [5.41, 5.74) is 11.5. The van der Waals surface area contributed by atoms with E-state index >= 15 is 0 Å². The van der Waals surface area contributed by atoms with E-state index in [-0.39, 0.29) is 5.41 Å². The van der Waals surface area contributed by atoms with Gasteiger partial charge in [0.25, 0.3) is 0 Å². The van der Waals surface area contributed by atoms with Gasteiger partial charge in [-0.25, -0.2) is 0 Å². The monoisotopic (exact) mass is 392 g/mol. The third-order valence-electron chi connectivity index (χ3n) is 6.46.